The summed E-state index contributed by atoms with van der Waals surface area (Å²) < 4.78 is 0. The van der Waals surface area contributed by atoms with Gasteiger partial charge >= 0.3 is 0 Å². The summed E-state index contributed by atoms with van der Waals surface area (Å²) in [5.41, 5.74) is 9.46. The maximum Gasteiger partial charge on any atom is 0.0453 e. The maximum absolute atomic E-state index is 6.18. The van der Waals surface area contributed by atoms with Gasteiger partial charge in [0.05, 0.1) is 0 Å². The number of hydrogen-bond acceptors (Lipinski definition) is 2. The standard InChI is InChI=1S/C16H18Cl2N2/c1-2-11-3-6-15(20-10-11)9-14(19)7-12-4-5-13(17)8-16(12)18/h3-6,8,10,14H,2,7,9,19H2,1H3. The Bertz CT molecular complexity index is 567. The van der Waals surface area contributed by atoms with Gasteiger partial charge in [0.1, 0.15) is 0 Å². The summed E-state index contributed by atoms with van der Waals surface area (Å²) >= 11 is 12.0. The monoisotopic (exact) mass is 308 g/mol. The first-order valence-corrected chi connectivity index (χ1v) is 7.47. The van der Waals surface area contributed by atoms with Crippen LogP contribution in [0.15, 0.2) is 36.5 Å². The van der Waals surface area contributed by atoms with Crippen molar-refractivity contribution in [3.05, 3.63) is 63.4 Å². The Labute approximate surface area is 129 Å². The topological polar surface area (TPSA) is 38.9 Å². The predicted molar refractivity (Wildman–Crippen MR) is 85.5 cm³/mol. The van der Waals surface area contributed by atoms with Crippen molar-refractivity contribution < 1.29 is 0 Å². The number of halogens is 2. The Morgan fingerprint density at radius 3 is 2.55 bits per heavy atom. The molecule has 1 aromatic heterocycles. The molecule has 1 atom stereocenters. The van der Waals surface area contributed by atoms with Crippen LogP contribution < -0.4 is 5.73 Å². The molecule has 1 unspecified atom stereocenters. The third-order valence-electron chi connectivity index (χ3n) is 3.26. The molecule has 2 N–H and O–H groups in total. The molecule has 106 valence electrons. The van der Waals surface area contributed by atoms with Gasteiger partial charge in [-0.2, -0.15) is 0 Å². The Morgan fingerprint density at radius 2 is 1.95 bits per heavy atom. The number of rotatable bonds is 5. The highest BCUT2D eigenvalue weighted by Gasteiger charge is 2.09. The molecule has 1 heterocycles. The van der Waals surface area contributed by atoms with Crippen molar-refractivity contribution in [1.29, 1.82) is 0 Å². The van der Waals surface area contributed by atoms with Gasteiger partial charge < -0.3 is 5.73 Å². The number of hydrogen-bond donors (Lipinski definition) is 1. The first kappa shape index (κ1) is 15.3. The Morgan fingerprint density at radius 1 is 1.15 bits per heavy atom. The van der Waals surface area contributed by atoms with Crippen LogP contribution in [0.4, 0.5) is 0 Å². The summed E-state index contributed by atoms with van der Waals surface area (Å²) in [6.45, 7) is 2.12. The minimum atomic E-state index is -0.00588. The van der Waals surface area contributed by atoms with Crippen LogP contribution in [0.5, 0.6) is 0 Å². The van der Waals surface area contributed by atoms with Crippen molar-refractivity contribution in [2.45, 2.75) is 32.2 Å². The molecule has 0 saturated heterocycles. The van der Waals surface area contributed by atoms with Crippen molar-refractivity contribution in [3.63, 3.8) is 0 Å². The fourth-order valence-electron chi connectivity index (χ4n) is 2.10. The van der Waals surface area contributed by atoms with E-state index in [2.05, 4.69) is 18.0 Å². The van der Waals surface area contributed by atoms with E-state index in [0.29, 0.717) is 16.5 Å². The van der Waals surface area contributed by atoms with E-state index in [1.807, 2.05) is 24.4 Å². The van der Waals surface area contributed by atoms with E-state index < -0.39 is 0 Å². The van der Waals surface area contributed by atoms with Gasteiger partial charge in [0.25, 0.3) is 0 Å². The molecule has 0 spiro atoms. The number of aryl methyl sites for hydroxylation is 1. The second kappa shape index (κ2) is 7.07. The van der Waals surface area contributed by atoms with Gasteiger partial charge in [-0.05, 0) is 42.2 Å². The van der Waals surface area contributed by atoms with Crippen LogP contribution in [-0.2, 0) is 19.3 Å². The Hall–Kier alpha value is -1.09. The van der Waals surface area contributed by atoms with Gasteiger partial charge in [-0.25, -0.2) is 0 Å². The molecule has 0 bridgehead atoms. The average Bonchev–Trinajstić information content (AvgIpc) is 2.43. The largest absolute Gasteiger partial charge is 0.327 e. The molecular formula is C16H18Cl2N2. The molecule has 0 saturated carbocycles. The highest BCUT2D eigenvalue weighted by Crippen LogP contribution is 2.22. The van der Waals surface area contributed by atoms with E-state index in [0.717, 1.165) is 24.1 Å². The molecule has 2 aromatic rings. The highest BCUT2D eigenvalue weighted by atomic mass is 35.5. The molecule has 0 aliphatic carbocycles. The zero-order chi connectivity index (χ0) is 14.5. The molecule has 0 aliphatic heterocycles. The van der Waals surface area contributed by atoms with Crippen LogP contribution in [-0.4, -0.2) is 11.0 Å². The SMILES string of the molecule is CCc1ccc(CC(N)Cc2ccc(Cl)cc2Cl)nc1. The van der Waals surface area contributed by atoms with Crippen LogP contribution in [0, 0.1) is 0 Å². The van der Waals surface area contributed by atoms with E-state index in [9.17, 15) is 0 Å². The number of pyridine rings is 1. The van der Waals surface area contributed by atoms with Crippen molar-refractivity contribution in [2.24, 2.45) is 5.73 Å². The third-order valence-corrected chi connectivity index (χ3v) is 3.85. The molecule has 2 nitrogen and oxygen atoms in total. The second-order valence-corrected chi connectivity index (χ2v) is 5.76. The second-order valence-electron chi connectivity index (χ2n) is 4.92. The lowest BCUT2D eigenvalue weighted by Gasteiger charge is -2.13. The summed E-state index contributed by atoms with van der Waals surface area (Å²) in [5.74, 6) is 0. The minimum Gasteiger partial charge on any atom is -0.327 e. The van der Waals surface area contributed by atoms with Crippen LogP contribution in [0.25, 0.3) is 0 Å². The van der Waals surface area contributed by atoms with Crippen LogP contribution in [0.1, 0.15) is 23.7 Å². The summed E-state index contributed by atoms with van der Waals surface area (Å²) in [5, 5.41) is 1.31. The number of aromatic nitrogens is 1. The molecule has 4 heteroatoms. The quantitative estimate of drug-likeness (QED) is 0.904. The number of nitrogens with two attached hydrogens (primary N) is 1. The van der Waals surface area contributed by atoms with E-state index in [1.54, 1.807) is 6.07 Å². The number of nitrogens with zero attached hydrogens (tertiary/aromatic N) is 1. The fraction of sp³-hybridized carbons (Fsp3) is 0.312. The average molecular weight is 309 g/mol. The maximum atomic E-state index is 6.18. The summed E-state index contributed by atoms with van der Waals surface area (Å²) in [4.78, 5) is 4.43. The summed E-state index contributed by atoms with van der Waals surface area (Å²) in [6.07, 6.45) is 4.37. The highest BCUT2D eigenvalue weighted by molar-refractivity contribution is 6.35. The van der Waals surface area contributed by atoms with E-state index >= 15 is 0 Å². The summed E-state index contributed by atoms with van der Waals surface area (Å²) in [7, 11) is 0. The van der Waals surface area contributed by atoms with E-state index in [4.69, 9.17) is 28.9 Å². The van der Waals surface area contributed by atoms with Gasteiger partial charge in [-0.15, -0.1) is 0 Å². The van der Waals surface area contributed by atoms with Crippen molar-refractivity contribution in [1.82, 2.24) is 4.98 Å². The number of benzene rings is 1. The Balaban J connectivity index is 1.99. The first-order valence-electron chi connectivity index (χ1n) is 6.71. The lowest BCUT2D eigenvalue weighted by molar-refractivity contribution is 0.654. The zero-order valence-electron chi connectivity index (χ0n) is 11.4. The molecule has 0 radical (unpaired) electrons. The first-order chi connectivity index (χ1) is 9.58. The molecule has 2 rings (SSSR count). The van der Waals surface area contributed by atoms with Crippen molar-refractivity contribution in [2.75, 3.05) is 0 Å². The third kappa shape index (κ3) is 4.20. The van der Waals surface area contributed by atoms with E-state index in [1.165, 1.54) is 5.56 Å². The normalized spacial score (nSPS) is 12.4. The lowest BCUT2D eigenvalue weighted by Crippen LogP contribution is -2.26. The summed E-state index contributed by atoms with van der Waals surface area (Å²) in [6, 6.07) is 9.65. The molecule has 20 heavy (non-hydrogen) atoms. The smallest absolute Gasteiger partial charge is 0.0453 e. The van der Waals surface area contributed by atoms with Gasteiger partial charge in [-0.1, -0.05) is 42.3 Å². The zero-order valence-corrected chi connectivity index (χ0v) is 13.0. The molecule has 0 fully saturated rings. The lowest BCUT2D eigenvalue weighted by atomic mass is 10.0. The van der Waals surface area contributed by atoms with Gasteiger partial charge in [0.15, 0.2) is 0 Å². The molecule has 0 amide bonds. The fourth-order valence-corrected chi connectivity index (χ4v) is 2.58. The van der Waals surface area contributed by atoms with Crippen LogP contribution >= 0.6 is 23.2 Å². The minimum absolute atomic E-state index is 0.00588. The Kier molecular flexibility index (Phi) is 5.41. The van der Waals surface area contributed by atoms with Crippen LogP contribution in [0.3, 0.4) is 0 Å². The van der Waals surface area contributed by atoms with Gasteiger partial charge in [0.2, 0.25) is 0 Å². The van der Waals surface area contributed by atoms with Gasteiger partial charge in [0, 0.05) is 34.4 Å². The molecule has 0 aliphatic rings. The van der Waals surface area contributed by atoms with Gasteiger partial charge in [-0.3, -0.25) is 4.98 Å². The molecular weight excluding hydrogens is 291 g/mol. The van der Waals surface area contributed by atoms with E-state index in [-0.39, 0.29) is 6.04 Å². The van der Waals surface area contributed by atoms with Crippen molar-refractivity contribution in [3.8, 4) is 0 Å². The molecule has 1 aromatic carbocycles. The van der Waals surface area contributed by atoms with Crippen LogP contribution in [0.2, 0.25) is 10.0 Å². The van der Waals surface area contributed by atoms with Crippen molar-refractivity contribution >= 4 is 23.2 Å². The predicted octanol–water partition coefficient (Wildman–Crippen LogP) is 4.06.